The van der Waals surface area contributed by atoms with Crippen LogP contribution in [0.4, 0.5) is 0 Å². The molecular formula is C31H20Cl2N2O2S. The summed E-state index contributed by atoms with van der Waals surface area (Å²) in [5.74, 6) is 1.23. The Labute approximate surface area is 232 Å². The van der Waals surface area contributed by atoms with Crippen molar-refractivity contribution in [2.45, 2.75) is 18.9 Å². The molecule has 186 valence electrons. The van der Waals surface area contributed by atoms with Crippen LogP contribution in [0, 0.1) is 0 Å². The molecule has 4 nitrogen and oxygen atoms in total. The van der Waals surface area contributed by atoms with Gasteiger partial charge >= 0.3 is 0 Å². The predicted octanol–water partition coefficient (Wildman–Crippen LogP) is 6.89. The second-order valence-corrected chi connectivity index (χ2v) is 11.2. The molecule has 1 aliphatic heterocycles. The van der Waals surface area contributed by atoms with Gasteiger partial charge in [0, 0.05) is 17.2 Å². The van der Waals surface area contributed by atoms with E-state index in [1.165, 1.54) is 22.5 Å². The Bertz CT molecular complexity index is 1930. The fraction of sp³-hybridized carbons (Fsp3) is 0.0968. The van der Waals surface area contributed by atoms with E-state index in [4.69, 9.17) is 32.6 Å². The largest absolute Gasteiger partial charge is 0.457 e. The zero-order chi connectivity index (χ0) is 25.8. The molecule has 0 saturated heterocycles. The monoisotopic (exact) mass is 554 g/mol. The normalized spacial score (nSPS) is 16.6. The van der Waals surface area contributed by atoms with Crippen molar-refractivity contribution < 1.29 is 4.42 Å². The lowest BCUT2D eigenvalue weighted by Gasteiger charge is -2.30. The molecule has 0 saturated carbocycles. The first-order valence-corrected chi connectivity index (χ1v) is 13.9. The third-order valence-corrected chi connectivity index (χ3v) is 8.81. The van der Waals surface area contributed by atoms with Gasteiger partial charge in [-0.05, 0) is 59.9 Å². The van der Waals surface area contributed by atoms with Gasteiger partial charge in [-0.1, -0.05) is 89.1 Å². The summed E-state index contributed by atoms with van der Waals surface area (Å²) >= 11 is 13.6. The average Bonchev–Trinajstić information content (AvgIpc) is 3.54. The number of hydrogen-bond acceptors (Lipinski definition) is 4. The first kappa shape index (κ1) is 23.5. The summed E-state index contributed by atoms with van der Waals surface area (Å²) in [6, 6.07) is 27.6. The molecule has 0 fully saturated rings. The SMILES string of the molecule is O=c1/c(=C\c2ccc(-c3ccc(Cl)c(Cl)c3)o2)sc2n1[C@H](c1ccccc1)C1=C(N=2)c2ccccc2CC1. The minimum atomic E-state index is -0.193. The van der Waals surface area contributed by atoms with Gasteiger partial charge in [-0.3, -0.25) is 9.36 Å². The molecule has 0 spiro atoms. The Hall–Kier alpha value is -3.64. The molecule has 3 aromatic carbocycles. The van der Waals surface area contributed by atoms with E-state index in [1.807, 2.05) is 41.0 Å². The summed E-state index contributed by atoms with van der Waals surface area (Å²) in [6.07, 6.45) is 3.59. The molecule has 5 aromatic rings. The third kappa shape index (κ3) is 3.90. The van der Waals surface area contributed by atoms with Crippen molar-refractivity contribution in [2.75, 3.05) is 0 Å². The molecular weight excluding hydrogens is 535 g/mol. The van der Waals surface area contributed by atoms with Gasteiger partial charge in [0.25, 0.3) is 5.56 Å². The van der Waals surface area contributed by atoms with E-state index >= 15 is 0 Å². The minimum Gasteiger partial charge on any atom is -0.457 e. The van der Waals surface area contributed by atoms with Crippen LogP contribution in [0.15, 0.2) is 105 Å². The Balaban J connectivity index is 1.39. The lowest BCUT2D eigenvalue weighted by atomic mass is 9.83. The fourth-order valence-electron chi connectivity index (χ4n) is 5.32. The van der Waals surface area contributed by atoms with Crippen molar-refractivity contribution in [3.8, 4) is 11.3 Å². The number of thiazole rings is 1. The molecule has 7 heteroatoms. The number of fused-ring (bicyclic) bond motifs is 3. The van der Waals surface area contributed by atoms with E-state index in [9.17, 15) is 4.79 Å². The highest BCUT2D eigenvalue weighted by Crippen LogP contribution is 2.41. The van der Waals surface area contributed by atoms with E-state index in [1.54, 1.807) is 18.2 Å². The Morgan fingerprint density at radius 2 is 1.74 bits per heavy atom. The fourth-order valence-corrected chi connectivity index (χ4v) is 6.60. The van der Waals surface area contributed by atoms with E-state index in [-0.39, 0.29) is 11.6 Å². The van der Waals surface area contributed by atoms with Crippen molar-refractivity contribution in [3.05, 3.63) is 143 Å². The summed E-state index contributed by atoms with van der Waals surface area (Å²) in [5.41, 5.74) is 6.47. The summed E-state index contributed by atoms with van der Waals surface area (Å²) in [6.45, 7) is 0. The molecule has 0 unspecified atom stereocenters. The third-order valence-electron chi connectivity index (χ3n) is 7.09. The number of furan rings is 1. The molecule has 38 heavy (non-hydrogen) atoms. The molecule has 3 heterocycles. The topological polar surface area (TPSA) is 47.5 Å². The first-order valence-electron chi connectivity index (χ1n) is 12.3. The summed E-state index contributed by atoms with van der Waals surface area (Å²) in [4.78, 5) is 19.6. The van der Waals surface area contributed by atoms with E-state index in [0.717, 1.165) is 35.2 Å². The number of rotatable bonds is 3. The van der Waals surface area contributed by atoms with Gasteiger partial charge in [0.05, 0.1) is 26.3 Å². The molecule has 2 aromatic heterocycles. The highest BCUT2D eigenvalue weighted by atomic mass is 35.5. The number of aryl methyl sites for hydroxylation is 1. The lowest BCUT2D eigenvalue weighted by molar-refractivity contribution is 0.570. The van der Waals surface area contributed by atoms with Crippen LogP contribution >= 0.6 is 34.5 Å². The van der Waals surface area contributed by atoms with Crippen LogP contribution in [0.5, 0.6) is 0 Å². The summed E-state index contributed by atoms with van der Waals surface area (Å²) < 4.78 is 8.49. The molecule has 1 aliphatic carbocycles. The maximum absolute atomic E-state index is 13.9. The van der Waals surface area contributed by atoms with Crippen molar-refractivity contribution in [3.63, 3.8) is 0 Å². The van der Waals surface area contributed by atoms with Crippen LogP contribution in [-0.4, -0.2) is 4.57 Å². The van der Waals surface area contributed by atoms with Crippen molar-refractivity contribution in [1.82, 2.24) is 4.57 Å². The Morgan fingerprint density at radius 3 is 2.58 bits per heavy atom. The van der Waals surface area contributed by atoms with Gasteiger partial charge in [0.1, 0.15) is 11.5 Å². The average molecular weight is 555 g/mol. The van der Waals surface area contributed by atoms with Crippen LogP contribution < -0.4 is 14.9 Å². The van der Waals surface area contributed by atoms with Gasteiger partial charge in [0.15, 0.2) is 4.80 Å². The predicted molar refractivity (Wildman–Crippen MR) is 153 cm³/mol. The zero-order valence-corrected chi connectivity index (χ0v) is 22.4. The van der Waals surface area contributed by atoms with Gasteiger partial charge in [-0.15, -0.1) is 0 Å². The Morgan fingerprint density at radius 1 is 0.921 bits per heavy atom. The highest BCUT2D eigenvalue weighted by Gasteiger charge is 2.32. The molecule has 0 bridgehead atoms. The molecule has 2 aliphatic rings. The van der Waals surface area contributed by atoms with Crippen LogP contribution in [0.25, 0.3) is 23.1 Å². The lowest BCUT2D eigenvalue weighted by Crippen LogP contribution is -2.38. The van der Waals surface area contributed by atoms with E-state index < -0.39 is 0 Å². The number of allylic oxidation sites excluding steroid dienone is 1. The van der Waals surface area contributed by atoms with Gasteiger partial charge < -0.3 is 4.42 Å². The smallest absolute Gasteiger partial charge is 0.271 e. The highest BCUT2D eigenvalue weighted by molar-refractivity contribution is 7.07. The second kappa shape index (κ2) is 9.28. The summed E-state index contributed by atoms with van der Waals surface area (Å²) in [5, 5.41) is 0.948. The summed E-state index contributed by atoms with van der Waals surface area (Å²) in [7, 11) is 0. The molecule has 0 amide bonds. The number of nitrogens with zero attached hydrogens (tertiary/aromatic N) is 2. The van der Waals surface area contributed by atoms with Crippen molar-refractivity contribution >= 4 is 46.3 Å². The van der Waals surface area contributed by atoms with Crippen molar-refractivity contribution in [2.24, 2.45) is 4.99 Å². The van der Waals surface area contributed by atoms with Crippen LogP contribution in [0.3, 0.4) is 0 Å². The number of benzene rings is 3. The van der Waals surface area contributed by atoms with Crippen LogP contribution in [0.2, 0.25) is 10.0 Å². The first-order chi connectivity index (χ1) is 18.6. The van der Waals surface area contributed by atoms with Crippen molar-refractivity contribution in [1.29, 1.82) is 0 Å². The van der Waals surface area contributed by atoms with Crippen LogP contribution in [0.1, 0.15) is 34.9 Å². The zero-order valence-electron chi connectivity index (χ0n) is 20.0. The molecule has 0 N–H and O–H groups in total. The maximum atomic E-state index is 13.9. The number of hydrogen-bond donors (Lipinski definition) is 0. The maximum Gasteiger partial charge on any atom is 0.271 e. The standard InChI is InChI=1S/C31H20Cl2N2O2S/c32-24-14-11-20(16-25(24)33)26-15-12-21(37-26)17-27-30(36)35-29(19-7-2-1-3-8-19)23-13-10-18-6-4-5-9-22(18)28(23)34-31(35)38-27/h1-9,11-12,14-17,29H,10,13H2/b27-17+/t29-/m1/s1. The van der Waals surface area contributed by atoms with E-state index in [0.29, 0.717) is 30.9 Å². The number of halogens is 2. The number of aromatic nitrogens is 1. The molecule has 7 rings (SSSR count). The van der Waals surface area contributed by atoms with Gasteiger partial charge in [-0.25, -0.2) is 4.99 Å². The van der Waals surface area contributed by atoms with Gasteiger partial charge in [-0.2, -0.15) is 0 Å². The van der Waals surface area contributed by atoms with E-state index in [2.05, 4.69) is 36.4 Å². The second-order valence-electron chi connectivity index (χ2n) is 9.36. The quantitative estimate of drug-likeness (QED) is 0.244. The minimum absolute atomic E-state index is 0.0690. The van der Waals surface area contributed by atoms with Crippen LogP contribution in [-0.2, 0) is 6.42 Å². The molecule has 1 atom stereocenters. The Kier molecular flexibility index (Phi) is 5.73. The van der Waals surface area contributed by atoms with Gasteiger partial charge in [0.2, 0.25) is 0 Å². The molecule has 0 radical (unpaired) electrons.